The number of hydrogen-bond acceptors (Lipinski definition) is 3. The van der Waals surface area contributed by atoms with Crippen molar-refractivity contribution >= 4 is 23.2 Å². The van der Waals surface area contributed by atoms with Crippen LogP contribution in [0.3, 0.4) is 0 Å². The molecule has 0 fully saturated rings. The fourth-order valence-corrected chi connectivity index (χ4v) is 2.25. The van der Waals surface area contributed by atoms with Gasteiger partial charge in [0.2, 0.25) is 11.8 Å². The van der Waals surface area contributed by atoms with Crippen molar-refractivity contribution < 1.29 is 9.59 Å². The predicted octanol–water partition coefficient (Wildman–Crippen LogP) is 3.28. The third kappa shape index (κ3) is 5.12. The van der Waals surface area contributed by atoms with E-state index in [4.69, 9.17) is 0 Å². The van der Waals surface area contributed by atoms with Gasteiger partial charge in [-0.05, 0) is 36.8 Å². The second-order valence-electron chi connectivity index (χ2n) is 5.78. The van der Waals surface area contributed by atoms with Crippen molar-refractivity contribution in [1.29, 1.82) is 0 Å². The van der Waals surface area contributed by atoms with Gasteiger partial charge in [0, 0.05) is 31.4 Å². The molecule has 2 N–H and O–H groups in total. The predicted molar refractivity (Wildman–Crippen MR) is 96.9 cm³/mol. The fourth-order valence-electron chi connectivity index (χ4n) is 2.25. The summed E-state index contributed by atoms with van der Waals surface area (Å²) in [7, 11) is 1.60. The molecule has 0 saturated carbocycles. The molecular weight excluding hydrogens is 302 g/mol. The van der Waals surface area contributed by atoms with E-state index in [-0.39, 0.29) is 24.4 Å². The Hall–Kier alpha value is -2.82. The Morgan fingerprint density at radius 2 is 1.58 bits per heavy atom. The molecule has 2 aromatic carbocycles. The van der Waals surface area contributed by atoms with Crippen molar-refractivity contribution in [2.24, 2.45) is 0 Å². The number of nitrogens with one attached hydrogen (secondary N) is 2. The molecule has 0 aliphatic rings. The Labute approximate surface area is 142 Å². The number of carbonyl (C=O) groups excluding carboxylic acids is 2. The van der Waals surface area contributed by atoms with E-state index < -0.39 is 0 Å². The molecule has 2 rings (SSSR count). The number of nitrogens with zero attached hydrogens (tertiary/aromatic N) is 1. The number of amides is 2. The van der Waals surface area contributed by atoms with Gasteiger partial charge in [-0.25, -0.2) is 0 Å². The molecule has 0 heterocycles. The zero-order valence-corrected chi connectivity index (χ0v) is 14.2. The van der Waals surface area contributed by atoms with Crippen LogP contribution in [0.15, 0.2) is 54.6 Å². The first-order chi connectivity index (χ1) is 11.5. The van der Waals surface area contributed by atoms with Gasteiger partial charge in [0.25, 0.3) is 0 Å². The van der Waals surface area contributed by atoms with Crippen LogP contribution in [0.4, 0.5) is 11.4 Å². The van der Waals surface area contributed by atoms with Crippen LogP contribution in [-0.2, 0) is 9.59 Å². The Bertz CT molecular complexity index is 684. The smallest absolute Gasteiger partial charge is 0.243 e. The van der Waals surface area contributed by atoms with Crippen molar-refractivity contribution in [2.75, 3.05) is 24.2 Å². The lowest BCUT2D eigenvalue weighted by Crippen LogP contribution is -2.33. The van der Waals surface area contributed by atoms with Gasteiger partial charge in [0.05, 0.1) is 6.54 Å². The Morgan fingerprint density at radius 1 is 1.00 bits per heavy atom. The van der Waals surface area contributed by atoms with Gasteiger partial charge in [0.15, 0.2) is 0 Å². The first-order valence-corrected chi connectivity index (χ1v) is 7.89. The molecule has 0 aliphatic carbocycles. The van der Waals surface area contributed by atoms with Crippen molar-refractivity contribution in [3.63, 3.8) is 0 Å². The van der Waals surface area contributed by atoms with Crippen LogP contribution in [0.5, 0.6) is 0 Å². The molecule has 5 nitrogen and oxygen atoms in total. The molecule has 0 aliphatic heterocycles. The minimum Gasteiger partial charge on any atom is -0.379 e. The molecule has 0 bridgehead atoms. The van der Waals surface area contributed by atoms with E-state index in [2.05, 4.69) is 29.7 Å². The topological polar surface area (TPSA) is 61.4 Å². The summed E-state index contributed by atoms with van der Waals surface area (Å²) < 4.78 is 0. The van der Waals surface area contributed by atoms with Gasteiger partial charge in [0.1, 0.15) is 0 Å². The quantitative estimate of drug-likeness (QED) is 0.857. The van der Waals surface area contributed by atoms with Crippen molar-refractivity contribution in [2.45, 2.75) is 19.9 Å². The zero-order valence-electron chi connectivity index (χ0n) is 14.2. The van der Waals surface area contributed by atoms with Crippen LogP contribution < -0.4 is 10.6 Å². The summed E-state index contributed by atoms with van der Waals surface area (Å²) in [6, 6.07) is 17.9. The average Bonchev–Trinajstić information content (AvgIpc) is 2.57. The summed E-state index contributed by atoms with van der Waals surface area (Å²) in [6.45, 7) is 3.57. The lowest BCUT2D eigenvalue weighted by atomic mass is 10.1. The molecule has 0 aromatic heterocycles. The Morgan fingerprint density at radius 3 is 2.17 bits per heavy atom. The molecule has 0 unspecified atom stereocenters. The maximum Gasteiger partial charge on any atom is 0.243 e. The molecule has 0 spiro atoms. The second-order valence-corrected chi connectivity index (χ2v) is 5.78. The molecule has 126 valence electrons. The van der Waals surface area contributed by atoms with Gasteiger partial charge >= 0.3 is 0 Å². The molecule has 1 atom stereocenters. The van der Waals surface area contributed by atoms with E-state index in [0.717, 1.165) is 5.69 Å². The van der Waals surface area contributed by atoms with Crippen LogP contribution in [-0.4, -0.2) is 30.3 Å². The normalized spacial score (nSPS) is 11.5. The summed E-state index contributed by atoms with van der Waals surface area (Å²) in [5, 5.41) is 6.20. The van der Waals surface area contributed by atoms with Gasteiger partial charge in [-0.1, -0.05) is 30.3 Å². The molecule has 24 heavy (non-hydrogen) atoms. The molecule has 0 radical (unpaired) electrons. The second kappa shape index (κ2) is 8.15. The van der Waals surface area contributed by atoms with Gasteiger partial charge < -0.3 is 15.5 Å². The van der Waals surface area contributed by atoms with E-state index >= 15 is 0 Å². The molecular formula is C19H23N3O2. The van der Waals surface area contributed by atoms with Gasteiger partial charge in [-0.15, -0.1) is 0 Å². The number of benzene rings is 2. The monoisotopic (exact) mass is 325 g/mol. The maximum atomic E-state index is 11.9. The van der Waals surface area contributed by atoms with E-state index in [1.165, 1.54) is 17.4 Å². The average molecular weight is 325 g/mol. The third-order valence-electron chi connectivity index (χ3n) is 3.77. The van der Waals surface area contributed by atoms with E-state index in [1.807, 2.05) is 42.5 Å². The lowest BCUT2D eigenvalue weighted by Gasteiger charge is -2.17. The van der Waals surface area contributed by atoms with Crippen LogP contribution in [0.25, 0.3) is 0 Å². The Kier molecular flexibility index (Phi) is 5.95. The number of anilines is 2. The summed E-state index contributed by atoms with van der Waals surface area (Å²) in [4.78, 5) is 24.4. The highest BCUT2D eigenvalue weighted by molar-refractivity contribution is 5.94. The summed E-state index contributed by atoms with van der Waals surface area (Å²) in [5.41, 5.74) is 2.89. The van der Waals surface area contributed by atoms with Crippen molar-refractivity contribution in [3.05, 3.63) is 60.2 Å². The summed E-state index contributed by atoms with van der Waals surface area (Å²) in [5.74, 6) is -0.356. The highest BCUT2D eigenvalue weighted by atomic mass is 16.2. The standard InChI is InChI=1S/C19H23N3O2/c1-14(16-7-5-4-6-8-16)20-17-9-11-18(12-10-17)21-19(24)13-22(3)15(2)23/h4-12,14,20H,13H2,1-3H3,(H,21,24)/t14-/m1/s1. The highest BCUT2D eigenvalue weighted by Crippen LogP contribution is 2.20. The third-order valence-corrected chi connectivity index (χ3v) is 3.77. The van der Waals surface area contributed by atoms with E-state index in [9.17, 15) is 9.59 Å². The SMILES string of the molecule is CC(=O)N(C)CC(=O)Nc1ccc(N[C@H](C)c2ccccc2)cc1. The first kappa shape index (κ1) is 17.5. The van der Waals surface area contributed by atoms with Gasteiger partial charge in [-0.3, -0.25) is 9.59 Å². The summed E-state index contributed by atoms with van der Waals surface area (Å²) >= 11 is 0. The molecule has 0 saturated heterocycles. The lowest BCUT2D eigenvalue weighted by molar-refractivity contribution is -0.131. The largest absolute Gasteiger partial charge is 0.379 e. The minimum absolute atomic E-state index is 0.0420. The van der Waals surface area contributed by atoms with Crippen LogP contribution in [0.1, 0.15) is 25.5 Å². The minimum atomic E-state index is -0.217. The van der Waals surface area contributed by atoms with E-state index in [0.29, 0.717) is 5.69 Å². The van der Waals surface area contributed by atoms with Crippen LogP contribution in [0.2, 0.25) is 0 Å². The van der Waals surface area contributed by atoms with Crippen LogP contribution in [0, 0.1) is 0 Å². The first-order valence-electron chi connectivity index (χ1n) is 7.89. The number of likely N-dealkylation sites (N-methyl/N-ethyl adjacent to an activating group) is 1. The number of carbonyl (C=O) groups is 2. The molecule has 5 heteroatoms. The molecule has 2 aromatic rings. The zero-order chi connectivity index (χ0) is 17.5. The fraction of sp³-hybridized carbons (Fsp3) is 0.263. The van der Waals surface area contributed by atoms with Gasteiger partial charge in [-0.2, -0.15) is 0 Å². The van der Waals surface area contributed by atoms with Crippen molar-refractivity contribution in [1.82, 2.24) is 4.90 Å². The van der Waals surface area contributed by atoms with Crippen molar-refractivity contribution in [3.8, 4) is 0 Å². The number of hydrogen-bond donors (Lipinski definition) is 2. The maximum absolute atomic E-state index is 11.9. The number of rotatable bonds is 6. The summed E-state index contributed by atoms with van der Waals surface area (Å²) in [6.07, 6.45) is 0. The molecule has 2 amide bonds. The highest BCUT2D eigenvalue weighted by Gasteiger charge is 2.09. The van der Waals surface area contributed by atoms with E-state index in [1.54, 1.807) is 7.05 Å². The van der Waals surface area contributed by atoms with Crippen LogP contribution >= 0.6 is 0 Å². The Balaban J connectivity index is 1.91.